The van der Waals surface area contributed by atoms with Gasteiger partial charge < -0.3 is 5.73 Å². The largest absolute Gasteiger partial charge is 0.320 e. The fourth-order valence-electron chi connectivity index (χ4n) is 0.648. The predicted molar refractivity (Wildman–Crippen MR) is 44.0 cm³/mol. The van der Waals surface area contributed by atoms with Crippen molar-refractivity contribution in [1.82, 2.24) is 4.98 Å². The van der Waals surface area contributed by atoms with Gasteiger partial charge in [0.25, 0.3) is 0 Å². The van der Waals surface area contributed by atoms with Crippen molar-refractivity contribution in [2.75, 3.05) is 0 Å². The van der Waals surface area contributed by atoms with Crippen LogP contribution >= 0.6 is 11.3 Å². The zero-order valence-electron chi connectivity index (χ0n) is 5.87. The number of hydrogen-bond donors (Lipinski definition) is 1. The van der Waals surface area contributed by atoms with Crippen LogP contribution in [0.2, 0.25) is 0 Å². The topological polar surface area (TPSA) is 38.9 Å². The summed E-state index contributed by atoms with van der Waals surface area (Å²) in [7, 11) is 0. The molecule has 10 heavy (non-hydrogen) atoms. The molecule has 1 aromatic rings. The molecule has 0 bridgehead atoms. The van der Waals surface area contributed by atoms with E-state index in [0.29, 0.717) is 0 Å². The molecule has 1 atom stereocenters. The highest BCUT2D eigenvalue weighted by Gasteiger charge is 2.03. The summed E-state index contributed by atoms with van der Waals surface area (Å²) in [6, 6.07) is -0.0498. The average molecular weight is 154 g/mol. The number of rotatable bonds is 2. The van der Waals surface area contributed by atoms with Gasteiger partial charge in [-0.25, -0.2) is 4.98 Å². The van der Waals surface area contributed by atoms with Crippen LogP contribution in [-0.4, -0.2) is 4.98 Å². The Morgan fingerprint density at radius 2 is 2.60 bits per heavy atom. The van der Waals surface area contributed by atoms with Crippen LogP contribution in [0.1, 0.15) is 15.9 Å². The van der Waals surface area contributed by atoms with E-state index in [0.717, 1.165) is 9.88 Å². The smallest absolute Gasteiger partial charge is 0.0897 e. The lowest BCUT2D eigenvalue weighted by Crippen LogP contribution is -2.03. The van der Waals surface area contributed by atoms with Crippen molar-refractivity contribution in [1.29, 1.82) is 0 Å². The maximum Gasteiger partial charge on any atom is 0.0897 e. The monoisotopic (exact) mass is 154 g/mol. The molecule has 0 fully saturated rings. The van der Waals surface area contributed by atoms with Gasteiger partial charge in [0.05, 0.1) is 11.0 Å². The van der Waals surface area contributed by atoms with Gasteiger partial charge >= 0.3 is 0 Å². The van der Waals surface area contributed by atoms with Crippen molar-refractivity contribution in [2.24, 2.45) is 5.73 Å². The molecule has 1 aromatic heterocycles. The maximum absolute atomic E-state index is 5.66. The predicted octanol–water partition coefficient (Wildman–Crippen LogP) is 1.64. The zero-order valence-corrected chi connectivity index (χ0v) is 6.69. The van der Waals surface area contributed by atoms with Gasteiger partial charge in [-0.3, -0.25) is 0 Å². The van der Waals surface area contributed by atoms with Crippen LogP contribution in [0, 0.1) is 6.92 Å². The fourth-order valence-corrected chi connectivity index (χ4v) is 1.43. The highest BCUT2D eigenvalue weighted by atomic mass is 32.1. The van der Waals surface area contributed by atoms with Crippen LogP contribution in [0.4, 0.5) is 0 Å². The first-order valence-electron chi connectivity index (χ1n) is 3.04. The lowest BCUT2D eigenvalue weighted by molar-refractivity contribution is 0.934. The normalized spacial score (nSPS) is 13.0. The lowest BCUT2D eigenvalue weighted by Gasteiger charge is -1.98. The van der Waals surface area contributed by atoms with Crippen LogP contribution in [0.25, 0.3) is 0 Å². The van der Waals surface area contributed by atoms with Gasteiger partial charge in [0.2, 0.25) is 0 Å². The summed E-state index contributed by atoms with van der Waals surface area (Å²) in [5.41, 5.74) is 5.66. The Bertz CT molecular complexity index is 229. The standard InChI is InChI=1S/C7H10N2S/c1-3-6(8)7-4-9-5(2)10-7/h3-4,6H,1,8H2,2H3. The lowest BCUT2D eigenvalue weighted by atomic mass is 10.3. The molecule has 1 rings (SSSR count). The molecule has 0 amide bonds. The molecule has 0 saturated carbocycles. The minimum absolute atomic E-state index is 0.0498. The second kappa shape index (κ2) is 2.94. The number of hydrogen-bond acceptors (Lipinski definition) is 3. The van der Waals surface area contributed by atoms with Crippen molar-refractivity contribution in [3.8, 4) is 0 Å². The van der Waals surface area contributed by atoms with E-state index in [1.165, 1.54) is 0 Å². The number of aryl methyl sites for hydroxylation is 1. The third kappa shape index (κ3) is 1.43. The van der Waals surface area contributed by atoms with Gasteiger partial charge in [0, 0.05) is 11.1 Å². The molecule has 2 nitrogen and oxygen atoms in total. The molecular formula is C7H10N2S. The van der Waals surface area contributed by atoms with Crippen LogP contribution in [-0.2, 0) is 0 Å². The summed E-state index contributed by atoms with van der Waals surface area (Å²) in [4.78, 5) is 5.15. The molecular weight excluding hydrogens is 144 g/mol. The van der Waals surface area contributed by atoms with Crippen molar-refractivity contribution in [3.63, 3.8) is 0 Å². The highest BCUT2D eigenvalue weighted by molar-refractivity contribution is 7.11. The molecule has 1 heterocycles. The Morgan fingerprint density at radius 3 is 3.00 bits per heavy atom. The summed E-state index contributed by atoms with van der Waals surface area (Å²) in [5, 5.41) is 1.05. The molecule has 2 N–H and O–H groups in total. The molecule has 0 aromatic carbocycles. The number of nitrogens with zero attached hydrogens (tertiary/aromatic N) is 1. The summed E-state index contributed by atoms with van der Waals surface area (Å²) >= 11 is 1.61. The molecule has 1 unspecified atom stereocenters. The second-order valence-electron chi connectivity index (χ2n) is 2.04. The Morgan fingerprint density at radius 1 is 1.90 bits per heavy atom. The second-order valence-corrected chi connectivity index (χ2v) is 3.31. The van der Waals surface area contributed by atoms with Crippen LogP contribution < -0.4 is 5.73 Å². The molecule has 0 saturated heterocycles. The summed E-state index contributed by atoms with van der Waals surface area (Å²) < 4.78 is 0. The molecule has 0 aliphatic heterocycles. The molecule has 0 aliphatic carbocycles. The Hall–Kier alpha value is -0.670. The Labute approximate surface area is 64.4 Å². The van der Waals surface area contributed by atoms with Gasteiger partial charge in [-0.1, -0.05) is 6.08 Å². The zero-order chi connectivity index (χ0) is 7.56. The van der Waals surface area contributed by atoms with Crippen LogP contribution in [0.15, 0.2) is 18.9 Å². The van der Waals surface area contributed by atoms with Crippen molar-refractivity contribution in [3.05, 3.63) is 28.7 Å². The van der Waals surface area contributed by atoms with Crippen molar-refractivity contribution in [2.45, 2.75) is 13.0 Å². The van der Waals surface area contributed by atoms with E-state index in [1.807, 2.05) is 6.92 Å². The van der Waals surface area contributed by atoms with Gasteiger partial charge in [-0.05, 0) is 6.92 Å². The highest BCUT2D eigenvalue weighted by Crippen LogP contribution is 2.18. The van der Waals surface area contributed by atoms with E-state index in [1.54, 1.807) is 23.6 Å². The first-order valence-corrected chi connectivity index (χ1v) is 3.86. The van der Waals surface area contributed by atoms with Crippen LogP contribution in [0.3, 0.4) is 0 Å². The van der Waals surface area contributed by atoms with Crippen molar-refractivity contribution >= 4 is 11.3 Å². The summed E-state index contributed by atoms with van der Waals surface area (Å²) in [6.45, 7) is 5.56. The van der Waals surface area contributed by atoms with Gasteiger partial charge in [0.15, 0.2) is 0 Å². The summed E-state index contributed by atoms with van der Waals surface area (Å²) in [5.74, 6) is 0. The quantitative estimate of drug-likeness (QED) is 0.658. The summed E-state index contributed by atoms with van der Waals surface area (Å²) in [6.07, 6.45) is 3.51. The molecule has 3 heteroatoms. The molecule has 0 spiro atoms. The van der Waals surface area contributed by atoms with Crippen molar-refractivity contribution < 1.29 is 0 Å². The van der Waals surface area contributed by atoms with Gasteiger partial charge in [0.1, 0.15) is 0 Å². The molecule has 54 valence electrons. The Kier molecular flexibility index (Phi) is 2.19. The van der Waals surface area contributed by atoms with E-state index in [-0.39, 0.29) is 6.04 Å². The molecule has 0 radical (unpaired) electrons. The fraction of sp³-hybridized carbons (Fsp3) is 0.286. The first kappa shape index (κ1) is 7.44. The minimum atomic E-state index is -0.0498. The molecule has 0 aliphatic rings. The third-order valence-electron chi connectivity index (χ3n) is 1.22. The maximum atomic E-state index is 5.66. The third-order valence-corrected chi connectivity index (χ3v) is 2.24. The van der Waals surface area contributed by atoms with E-state index in [2.05, 4.69) is 11.6 Å². The number of nitrogens with two attached hydrogens (primary N) is 1. The van der Waals surface area contributed by atoms with Gasteiger partial charge in [-0.15, -0.1) is 17.9 Å². The van der Waals surface area contributed by atoms with Crippen LogP contribution in [0.5, 0.6) is 0 Å². The van der Waals surface area contributed by atoms with Gasteiger partial charge in [-0.2, -0.15) is 0 Å². The SMILES string of the molecule is C=CC(N)c1cnc(C)s1. The average Bonchev–Trinajstić information content (AvgIpc) is 2.34. The number of thiazole rings is 1. The minimum Gasteiger partial charge on any atom is -0.320 e. The van der Waals surface area contributed by atoms with E-state index < -0.39 is 0 Å². The Balaban J connectivity index is 2.84. The van der Waals surface area contributed by atoms with E-state index in [4.69, 9.17) is 5.73 Å². The first-order chi connectivity index (χ1) is 4.74. The van der Waals surface area contributed by atoms with E-state index >= 15 is 0 Å². The number of aromatic nitrogens is 1. The van der Waals surface area contributed by atoms with E-state index in [9.17, 15) is 0 Å².